The van der Waals surface area contributed by atoms with E-state index in [1.165, 1.54) is 0 Å². The van der Waals surface area contributed by atoms with Crippen LogP contribution in [0, 0.1) is 13.8 Å². The summed E-state index contributed by atoms with van der Waals surface area (Å²) in [7, 11) is 0. The van der Waals surface area contributed by atoms with Gasteiger partial charge in [0.2, 0.25) is 0 Å². The minimum atomic E-state index is -0.159. The highest BCUT2D eigenvalue weighted by atomic mass is 35.5. The van der Waals surface area contributed by atoms with Crippen molar-refractivity contribution in [1.29, 1.82) is 0 Å². The first-order chi connectivity index (χ1) is 6.06. The molecule has 0 aliphatic rings. The van der Waals surface area contributed by atoms with Crippen molar-refractivity contribution in [2.24, 2.45) is 11.5 Å². The maximum Gasteiger partial charge on any atom is 0.0459 e. The monoisotopic (exact) mass is 198 g/mol. The highest BCUT2D eigenvalue weighted by Crippen LogP contribution is 2.26. The quantitative estimate of drug-likeness (QED) is 0.763. The van der Waals surface area contributed by atoms with E-state index < -0.39 is 0 Å². The van der Waals surface area contributed by atoms with Crippen LogP contribution in [-0.4, -0.2) is 6.54 Å². The fraction of sp³-hybridized carbons (Fsp3) is 0.400. The highest BCUT2D eigenvalue weighted by Gasteiger charge is 2.11. The van der Waals surface area contributed by atoms with Crippen LogP contribution in [0.4, 0.5) is 0 Å². The largest absolute Gasteiger partial charge is 0.329 e. The summed E-state index contributed by atoms with van der Waals surface area (Å²) in [6.07, 6.45) is 0. The summed E-state index contributed by atoms with van der Waals surface area (Å²) >= 11 is 6.07. The van der Waals surface area contributed by atoms with E-state index in [-0.39, 0.29) is 6.04 Å². The lowest BCUT2D eigenvalue weighted by molar-refractivity contribution is 0.731. The Morgan fingerprint density at radius 2 is 2.00 bits per heavy atom. The molecule has 2 nitrogen and oxygen atoms in total. The first-order valence-corrected chi connectivity index (χ1v) is 4.66. The van der Waals surface area contributed by atoms with Crippen molar-refractivity contribution in [3.63, 3.8) is 0 Å². The number of rotatable bonds is 2. The summed E-state index contributed by atoms with van der Waals surface area (Å²) < 4.78 is 0. The third kappa shape index (κ3) is 2.21. The lowest BCUT2D eigenvalue weighted by Crippen LogP contribution is -2.22. The molecule has 0 bridgehead atoms. The van der Waals surface area contributed by atoms with Crippen molar-refractivity contribution in [1.82, 2.24) is 0 Å². The minimum absolute atomic E-state index is 0.159. The van der Waals surface area contributed by atoms with Crippen LogP contribution in [0.25, 0.3) is 0 Å². The van der Waals surface area contributed by atoms with Crippen molar-refractivity contribution in [2.75, 3.05) is 6.54 Å². The van der Waals surface area contributed by atoms with E-state index in [2.05, 4.69) is 6.07 Å². The van der Waals surface area contributed by atoms with Gasteiger partial charge in [0, 0.05) is 17.6 Å². The summed E-state index contributed by atoms with van der Waals surface area (Å²) in [5.41, 5.74) is 14.6. The van der Waals surface area contributed by atoms with E-state index in [0.717, 1.165) is 21.7 Å². The standard InChI is InChI=1S/C10H15ClN2/c1-6-3-7(2)10(8(11)4-6)9(13)5-12/h3-4,9H,5,12-13H2,1-2H3. The molecule has 1 aromatic carbocycles. The lowest BCUT2D eigenvalue weighted by atomic mass is 10.00. The molecule has 1 atom stereocenters. The number of halogens is 1. The molecule has 0 amide bonds. The smallest absolute Gasteiger partial charge is 0.0459 e. The number of benzene rings is 1. The number of aryl methyl sites for hydroxylation is 2. The molecule has 1 rings (SSSR count). The van der Waals surface area contributed by atoms with E-state index >= 15 is 0 Å². The Balaban J connectivity index is 3.20. The van der Waals surface area contributed by atoms with Gasteiger partial charge in [-0.1, -0.05) is 17.7 Å². The molecule has 0 saturated carbocycles. The van der Waals surface area contributed by atoms with Gasteiger partial charge in [-0.25, -0.2) is 0 Å². The Morgan fingerprint density at radius 1 is 1.38 bits per heavy atom. The zero-order valence-electron chi connectivity index (χ0n) is 7.97. The molecule has 72 valence electrons. The van der Waals surface area contributed by atoms with Crippen LogP contribution in [0.3, 0.4) is 0 Å². The van der Waals surface area contributed by atoms with Crippen LogP contribution >= 0.6 is 11.6 Å². The summed E-state index contributed by atoms with van der Waals surface area (Å²) in [4.78, 5) is 0. The molecule has 0 saturated heterocycles. The summed E-state index contributed by atoms with van der Waals surface area (Å²) in [6.45, 7) is 4.43. The maximum absolute atomic E-state index is 6.07. The van der Waals surface area contributed by atoms with E-state index in [9.17, 15) is 0 Å². The van der Waals surface area contributed by atoms with Gasteiger partial charge in [-0.05, 0) is 36.6 Å². The molecule has 3 heteroatoms. The number of hydrogen-bond acceptors (Lipinski definition) is 2. The summed E-state index contributed by atoms with van der Waals surface area (Å²) in [5, 5.41) is 0.718. The molecule has 0 radical (unpaired) electrons. The van der Waals surface area contributed by atoms with Crippen molar-refractivity contribution in [3.05, 3.63) is 33.8 Å². The zero-order valence-corrected chi connectivity index (χ0v) is 8.73. The predicted octanol–water partition coefficient (Wildman–Crippen LogP) is 1.92. The number of nitrogens with two attached hydrogens (primary N) is 2. The van der Waals surface area contributed by atoms with Crippen LogP contribution in [0.1, 0.15) is 22.7 Å². The molecule has 1 aromatic rings. The molecule has 4 N–H and O–H groups in total. The molecule has 0 aliphatic heterocycles. The van der Waals surface area contributed by atoms with Gasteiger partial charge in [-0.3, -0.25) is 0 Å². The van der Waals surface area contributed by atoms with E-state index in [1.807, 2.05) is 19.9 Å². The van der Waals surface area contributed by atoms with Crippen molar-refractivity contribution in [2.45, 2.75) is 19.9 Å². The highest BCUT2D eigenvalue weighted by molar-refractivity contribution is 6.31. The van der Waals surface area contributed by atoms with Crippen LogP contribution in [0.15, 0.2) is 12.1 Å². The van der Waals surface area contributed by atoms with Gasteiger partial charge < -0.3 is 11.5 Å². The van der Waals surface area contributed by atoms with Crippen molar-refractivity contribution >= 4 is 11.6 Å². The lowest BCUT2D eigenvalue weighted by Gasteiger charge is -2.15. The minimum Gasteiger partial charge on any atom is -0.329 e. The van der Waals surface area contributed by atoms with Crippen LogP contribution in [0.5, 0.6) is 0 Å². The Kier molecular flexibility index (Phi) is 3.31. The SMILES string of the molecule is Cc1cc(C)c(C(N)CN)c(Cl)c1. The molecule has 0 heterocycles. The van der Waals surface area contributed by atoms with Gasteiger partial charge in [0.15, 0.2) is 0 Å². The first-order valence-electron chi connectivity index (χ1n) is 4.28. The Hall–Kier alpha value is -0.570. The topological polar surface area (TPSA) is 52.0 Å². The Bertz CT molecular complexity index is 287. The molecule has 0 aliphatic carbocycles. The molecular weight excluding hydrogens is 184 g/mol. The molecule has 0 aromatic heterocycles. The molecule has 0 fully saturated rings. The van der Waals surface area contributed by atoms with E-state index in [4.69, 9.17) is 23.1 Å². The Labute approximate surface area is 83.9 Å². The van der Waals surface area contributed by atoms with Gasteiger partial charge in [0.25, 0.3) is 0 Å². The summed E-state index contributed by atoms with van der Waals surface area (Å²) in [5.74, 6) is 0. The fourth-order valence-electron chi connectivity index (χ4n) is 1.51. The van der Waals surface area contributed by atoms with Crippen LogP contribution < -0.4 is 11.5 Å². The van der Waals surface area contributed by atoms with Gasteiger partial charge in [-0.15, -0.1) is 0 Å². The summed E-state index contributed by atoms with van der Waals surface area (Å²) in [6, 6.07) is 3.82. The predicted molar refractivity (Wildman–Crippen MR) is 56.9 cm³/mol. The second-order valence-corrected chi connectivity index (χ2v) is 3.73. The van der Waals surface area contributed by atoms with Gasteiger partial charge in [0.1, 0.15) is 0 Å². The second-order valence-electron chi connectivity index (χ2n) is 3.32. The average Bonchev–Trinajstić information content (AvgIpc) is 2.02. The normalized spacial score (nSPS) is 13.0. The van der Waals surface area contributed by atoms with Crippen LogP contribution in [0.2, 0.25) is 5.02 Å². The number of hydrogen-bond donors (Lipinski definition) is 2. The van der Waals surface area contributed by atoms with E-state index in [1.54, 1.807) is 0 Å². The van der Waals surface area contributed by atoms with Gasteiger partial charge >= 0.3 is 0 Å². The molecule has 1 unspecified atom stereocenters. The molecule has 0 spiro atoms. The fourth-order valence-corrected chi connectivity index (χ4v) is 1.98. The Morgan fingerprint density at radius 3 is 2.46 bits per heavy atom. The molecular formula is C10H15ClN2. The van der Waals surface area contributed by atoms with Crippen LogP contribution in [-0.2, 0) is 0 Å². The van der Waals surface area contributed by atoms with Crippen molar-refractivity contribution < 1.29 is 0 Å². The average molecular weight is 199 g/mol. The van der Waals surface area contributed by atoms with Gasteiger partial charge in [-0.2, -0.15) is 0 Å². The van der Waals surface area contributed by atoms with Crippen molar-refractivity contribution in [3.8, 4) is 0 Å². The van der Waals surface area contributed by atoms with E-state index in [0.29, 0.717) is 6.54 Å². The molecule has 13 heavy (non-hydrogen) atoms. The third-order valence-corrected chi connectivity index (χ3v) is 2.42. The third-order valence-electron chi connectivity index (χ3n) is 2.11. The first kappa shape index (κ1) is 10.5. The second kappa shape index (κ2) is 4.09. The maximum atomic E-state index is 6.07. The zero-order chi connectivity index (χ0) is 10.0. The van der Waals surface area contributed by atoms with Gasteiger partial charge in [0.05, 0.1) is 0 Å².